The molecule has 0 aliphatic rings. The van der Waals surface area contributed by atoms with Gasteiger partial charge in [-0.15, -0.1) is 0 Å². The molecule has 0 bridgehead atoms. The number of rotatable bonds is 10. The predicted octanol–water partition coefficient (Wildman–Crippen LogP) is 4.05. The van der Waals surface area contributed by atoms with Crippen molar-refractivity contribution in [2.45, 2.75) is 59.7 Å². The van der Waals surface area contributed by atoms with E-state index in [1.165, 1.54) is 12.8 Å². The second kappa shape index (κ2) is 10.1. The SMILES string of the molecule is [CH2]C(OCCC(C)CC)OCCC(C)CC. The molecule has 2 unspecified atom stereocenters. The normalized spacial score (nSPS) is 17.1. The van der Waals surface area contributed by atoms with E-state index in [1.807, 2.05) is 0 Å². The molecule has 2 atom stereocenters. The zero-order valence-electron chi connectivity index (χ0n) is 11.5. The van der Waals surface area contributed by atoms with Crippen LogP contribution in [0.3, 0.4) is 0 Å². The molecule has 0 amide bonds. The van der Waals surface area contributed by atoms with E-state index in [2.05, 4.69) is 34.6 Å². The minimum atomic E-state index is -0.298. The van der Waals surface area contributed by atoms with Crippen molar-refractivity contribution in [2.75, 3.05) is 13.2 Å². The zero-order valence-corrected chi connectivity index (χ0v) is 11.5. The largest absolute Gasteiger partial charge is 0.353 e. The van der Waals surface area contributed by atoms with Crippen molar-refractivity contribution in [3.8, 4) is 0 Å². The molecule has 0 aliphatic carbocycles. The lowest BCUT2D eigenvalue weighted by Crippen LogP contribution is -2.16. The maximum Gasteiger partial charge on any atom is 0.157 e. The van der Waals surface area contributed by atoms with Gasteiger partial charge in [0.15, 0.2) is 6.29 Å². The van der Waals surface area contributed by atoms with Gasteiger partial charge >= 0.3 is 0 Å². The van der Waals surface area contributed by atoms with Crippen molar-refractivity contribution >= 4 is 0 Å². The van der Waals surface area contributed by atoms with Crippen LogP contribution in [0, 0.1) is 18.8 Å². The fourth-order valence-corrected chi connectivity index (χ4v) is 1.26. The molecule has 0 rings (SSSR count). The van der Waals surface area contributed by atoms with E-state index in [9.17, 15) is 0 Å². The minimum Gasteiger partial charge on any atom is -0.353 e. The lowest BCUT2D eigenvalue weighted by Gasteiger charge is -2.16. The highest BCUT2D eigenvalue weighted by Crippen LogP contribution is 2.09. The highest BCUT2D eigenvalue weighted by Gasteiger charge is 2.05. The summed E-state index contributed by atoms with van der Waals surface area (Å²) < 4.78 is 11.0. The highest BCUT2D eigenvalue weighted by atomic mass is 16.7. The second-order valence-corrected chi connectivity index (χ2v) is 4.78. The molecule has 0 aromatic heterocycles. The Morgan fingerprint density at radius 3 is 1.56 bits per heavy atom. The van der Waals surface area contributed by atoms with Crippen LogP contribution in [0.4, 0.5) is 0 Å². The Kier molecular flexibility index (Phi) is 10.0. The molecule has 0 saturated carbocycles. The Morgan fingerprint density at radius 2 is 1.25 bits per heavy atom. The summed E-state index contributed by atoms with van der Waals surface area (Å²) in [5, 5.41) is 0. The van der Waals surface area contributed by atoms with E-state index < -0.39 is 0 Å². The van der Waals surface area contributed by atoms with Crippen molar-refractivity contribution in [2.24, 2.45) is 11.8 Å². The van der Waals surface area contributed by atoms with Gasteiger partial charge in [-0.2, -0.15) is 0 Å². The van der Waals surface area contributed by atoms with Gasteiger partial charge in [-0.1, -0.05) is 40.5 Å². The average molecular weight is 229 g/mol. The topological polar surface area (TPSA) is 18.5 Å². The summed E-state index contributed by atoms with van der Waals surface area (Å²) in [6, 6.07) is 0. The van der Waals surface area contributed by atoms with Crippen LogP contribution in [0.2, 0.25) is 0 Å². The third-order valence-electron chi connectivity index (χ3n) is 3.22. The molecule has 97 valence electrons. The van der Waals surface area contributed by atoms with Gasteiger partial charge in [0.2, 0.25) is 0 Å². The summed E-state index contributed by atoms with van der Waals surface area (Å²) in [5.41, 5.74) is 0. The predicted molar refractivity (Wildman–Crippen MR) is 69.2 cm³/mol. The van der Waals surface area contributed by atoms with Crippen LogP contribution in [-0.4, -0.2) is 19.5 Å². The van der Waals surface area contributed by atoms with E-state index in [0.29, 0.717) is 0 Å². The molecule has 0 saturated heterocycles. The number of hydrogen-bond donors (Lipinski definition) is 0. The Bertz CT molecular complexity index is 132. The first-order chi connectivity index (χ1) is 7.60. The smallest absolute Gasteiger partial charge is 0.157 e. The lowest BCUT2D eigenvalue weighted by molar-refractivity contribution is -0.117. The van der Waals surface area contributed by atoms with Crippen molar-refractivity contribution in [3.63, 3.8) is 0 Å². The van der Waals surface area contributed by atoms with Crippen LogP contribution in [-0.2, 0) is 9.47 Å². The van der Waals surface area contributed by atoms with Gasteiger partial charge in [0.1, 0.15) is 0 Å². The quantitative estimate of drug-likeness (QED) is 0.526. The molecule has 0 spiro atoms. The molecule has 0 N–H and O–H groups in total. The Hall–Kier alpha value is -0.0800. The van der Waals surface area contributed by atoms with Crippen molar-refractivity contribution in [1.29, 1.82) is 0 Å². The van der Waals surface area contributed by atoms with Gasteiger partial charge < -0.3 is 9.47 Å². The maximum atomic E-state index is 5.50. The van der Waals surface area contributed by atoms with Crippen LogP contribution in [0.25, 0.3) is 0 Å². The third-order valence-corrected chi connectivity index (χ3v) is 3.22. The summed E-state index contributed by atoms with van der Waals surface area (Å²) >= 11 is 0. The van der Waals surface area contributed by atoms with Crippen LogP contribution in [0.15, 0.2) is 0 Å². The lowest BCUT2D eigenvalue weighted by atomic mass is 10.1. The fraction of sp³-hybridized carbons (Fsp3) is 0.929. The molecular formula is C14H29O2. The molecule has 0 heterocycles. The Morgan fingerprint density at radius 1 is 0.875 bits per heavy atom. The summed E-state index contributed by atoms with van der Waals surface area (Å²) in [5.74, 6) is 1.46. The zero-order chi connectivity index (χ0) is 12.4. The van der Waals surface area contributed by atoms with Crippen LogP contribution < -0.4 is 0 Å². The second-order valence-electron chi connectivity index (χ2n) is 4.78. The van der Waals surface area contributed by atoms with Crippen molar-refractivity contribution in [1.82, 2.24) is 0 Å². The molecule has 1 radical (unpaired) electrons. The van der Waals surface area contributed by atoms with Gasteiger partial charge in [0.25, 0.3) is 0 Å². The van der Waals surface area contributed by atoms with Gasteiger partial charge in [0.05, 0.1) is 0 Å². The van der Waals surface area contributed by atoms with E-state index >= 15 is 0 Å². The summed E-state index contributed by atoms with van der Waals surface area (Å²) in [7, 11) is 0. The summed E-state index contributed by atoms with van der Waals surface area (Å²) in [4.78, 5) is 0. The first-order valence-corrected chi connectivity index (χ1v) is 6.66. The summed E-state index contributed by atoms with van der Waals surface area (Å²) in [6.07, 6.45) is 4.31. The van der Waals surface area contributed by atoms with E-state index in [-0.39, 0.29) is 6.29 Å². The standard InChI is InChI=1S/C14H29O2/c1-6-12(3)8-10-15-14(5)16-11-9-13(4)7-2/h12-14H,5-11H2,1-4H3. The molecule has 0 aromatic rings. The van der Waals surface area contributed by atoms with Crippen molar-refractivity contribution < 1.29 is 9.47 Å². The number of ether oxygens (including phenoxy) is 2. The van der Waals surface area contributed by atoms with Gasteiger partial charge in [-0.05, 0) is 24.7 Å². The molecule has 2 nitrogen and oxygen atoms in total. The van der Waals surface area contributed by atoms with Crippen LogP contribution >= 0.6 is 0 Å². The minimum absolute atomic E-state index is 0.298. The van der Waals surface area contributed by atoms with Crippen LogP contribution in [0.5, 0.6) is 0 Å². The van der Waals surface area contributed by atoms with Gasteiger partial charge in [-0.25, -0.2) is 0 Å². The third kappa shape index (κ3) is 9.17. The molecule has 0 fully saturated rings. The van der Waals surface area contributed by atoms with E-state index in [0.717, 1.165) is 37.9 Å². The Labute approximate surface area is 102 Å². The maximum absolute atomic E-state index is 5.50. The fourth-order valence-electron chi connectivity index (χ4n) is 1.26. The summed E-state index contributed by atoms with van der Waals surface area (Å²) in [6.45, 7) is 14.2. The van der Waals surface area contributed by atoms with Crippen molar-refractivity contribution in [3.05, 3.63) is 6.92 Å². The molecule has 16 heavy (non-hydrogen) atoms. The first-order valence-electron chi connectivity index (χ1n) is 6.66. The van der Waals surface area contributed by atoms with Crippen LogP contribution in [0.1, 0.15) is 53.4 Å². The van der Waals surface area contributed by atoms with Gasteiger partial charge in [-0.3, -0.25) is 0 Å². The number of hydrogen-bond acceptors (Lipinski definition) is 2. The molecule has 0 aromatic carbocycles. The van der Waals surface area contributed by atoms with Gasteiger partial charge in [0, 0.05) is 20.1 Å². The molecular weight excluding hydrogens is 200 g/mol. The first kappa shape index (κ1) is 15.9. The molecule has 0 aliphatic heterocycles. The monoisotopic (exact) mass is 229 g/mol. The molecule has 2 heteroatoms. The van der Waals surface area contributed by atoms with E-state index in [4.69, 9.17) is 9.47 Å². The average Bonchev–Trinajstić information content (AvgIpc) is 2.28. The highest BCUT2D eigenvalue weighted by molar-refractivity contribution is 4.53. The Balaban J connectivity index is 3.34. The van der Waals surface area contributed by atoms with E-state index in [1.54, 1.807) is 0 Å².